The second-order valence-electron chi connectivity index (χ2n) is 3.92. The molecule has 1 fully saturated rings. The van der Waals surface area contributed by atoms with Gasteiger partial charge < -0.3 is 0 Å². The Labute approximate surface area is 84.6 Å². The molecule has 1 aliphatic rings. The monoisotopic (exact) mass is 225 g/mol. The Balaban J connectivity index is 2.49. The molecule has 0 atom stereocenters. The van der Waals surface area contributed by atoms with Crippen LogP contribution in [0, 0.1) is 11.8 Å². The van der Waals surface area contributed by atoms with Crippen LogP contribution >= 0.6 is 10.7 Å². The molecule has 1 aliphatic heterocycles. The third-order valence-corrected chi connectivity index (χ3v) is 4.32. The SMILES string of the molecule is CC(C)C1CCN(S(=O)(=O)Cl)CC1. The van der Waals surface area contributed by atoms with Crippen molar-refractivity contribution in [1.82, 2.24) is 4.31 Å². The highest BCUT2D eigenvalue weighted by molar-refractivity contribution is 8.11. The minimum atomic E-state index is -3.47. The lowest BCUT2D eigenvalue weighted by Crippen LogP contribution is -2.37. The van der Waals surface area contributed by atoms with E-state index in [1.165, 1.54) is 4.31 Å². The highest BCUT2D eigenvalue weighted by Crippen LogP contribution is 2.26. The summed E-state index contributed by atoms with van der Waals surface area (Å²) in [4.78, 5) is 0. The van der Waals surface area contributed by atoms with E-state index in [0.717, 1.165) is 12.8 Å². The largest absolute Gasteiger partial charge is 0.299 e. The number of rotatable bonds is 2. The summed E-state index contributed by atoms with van der Waals surface area (Å²) in [6.45, 7) is 5.51. The highest BCUT2D eigenvalue weighted by Gasteiger charge is 2.27. The third kappa shape index (κ3) is 3.11. The minimum Gasteiger partial charge on any atom is -0.195 e. The molecular formula is C8H16ClNO2S. The first-order valence-corrected chi connectivity index (χ1v) is 6.87. The smallest absolute Gasteiger partial charge is 0.195 e. The van der Waals surface area contributed by atoms with Crippen LogP contribution in [0.5, 0.6) is 0 Å². The Kier molecular flexibility index (Phi) is 3.60. The van der Waals surface area contributed by atoms with E-state index in [0.29, 0.717) is 24.9 Å². The van der Waals surface area contributed by atoms with E-state index < -0.39 is 9.24 Å². The van der Waals surface area contributed by atoms with Crippen LogP contribution in [0.2, 0.25) is 0 Å². The quantitative estimate of drug-likeness (QED) is 0.673. The molecule has 1 heterocycles. The second kappa shape index (κ2) is 4.15. The Hall–Kier alpha value is 0.200. The van der Waals surface area contributed by atoms with E-state index in [1.54, 1.807) is 0 Å². The summed E-state index contributed by atoms with van der Waals surface area (Å²) in [5.41, 5.74) is 0. The van der Waals surface area contributed by atoms with Crippen LogP contribution in [0.1, 0.15) is 26.7 Å². The van der Waals surface area contributed by atoms with Gasteiger partial charge in [0.1, 0.15) is 0 Å². The summed E-state index contributed by atoms with van der Waals surface area (Å²) in [7, 11) is 1.77. The molecule has 0 aromatic heterocycles. The average Bonchev–Trinajstić information content (AvgIpc) is 2.03. The maximum atomic E-state index is 11.0. The Bertz CT molecular complexity index is 255. The van der Waals surface area contributed by atoms with Gasteiger partial charge in [-0.15, -0.1) is 0 Å². The van der Waals surface area contributed by atoms with Crippen molar-refractivity contribution >= 4 is 19.9 Å². The standard InChI is InChI=1S/C8H16ClNO2S/c1-7(2)8-3-5-10(6-4-8)13(9,11)12/h7-8H,3-6H2,1-2H3. The van der Waals surface area contributed by atoms with E-state index in [4.69, 9.17) is 10.7 Å². The molecular weight excluding hydrogens is 210 g/mol. The van der Waals surface area contributed by atoms with Gasteiger partial charge >= 0.3 is 0 Å². The van der Waals surface area contributed by atoms with Gasteiger partial charge in [0.05, 0.1) is 0 Å². The van der Waals surface area contributed by atoms with Crippen LogP contribution < -0.4 is 0 Å². The Morgan fingerprint density at radius 2 is 1.77 bits per heavy atom. The molecule has 78 valence electrons. The lowest BCUT2D eigenvalue weighted by molar-refractivity contribution is 0.229. The van der Waals surface area contributed by atoms with E-state index in [-0.39, 0.29) is 0 Å². The van der Waals surface area contributed by atoms with Gasteiger partial charge in [-0.25, -0.2) is 0 Å². The van der Waals surface area contributed by atoms with Crippen molar-refractivity contribution in [2.75, 3.05) is 13.1 Å². The Morgan fingerprint density at radius 3 is 2.08 bits per heavy atom. The molecule has 1 rings (SSSR count). The third-order valence-electron chi connectivity index (χ3n) is 2.75. The zero-order valence-corrected chi connectivity index (χ0v) is 9.61. The average molecular weight is 226 g/mol. The summed E-state index contributed by atoms with van der Waals surface area (Å²) in [6.07, 6.45) is 1.87. The molecule has 0 radical (unpaired) electrons. The van der Waals surface area contributed by atoms with Crippen molar-refractivity contribution in [1.29, 1.82) is 0 Å². The van der Waals surface area contributed by atoms with Crippen LogP contribution in [0.15, 0.2) is 0 Å². The van der Waals surface area contributed by atoms with Crippen LogP contribution in [-0.4, -0.2) is 25.8 Å². The van der Waals surface area contributed by atoms with E-state index in [2.05, 4.69) is 13.8 Å². The normalized spacial score (nSPS) is 22.5. The molecule has 3 nitrogen and oxygen atoms in total. The van der Waals surface area contributed by atoms with E-state index in [9.17, 15) is 8.42 Å². The van der Waals surface area contributed by atoms with Crippen molar-refractivity contribution in [3.8, 4) is 0 Å². The fourth-order valence-corrected chi connectivity index (χ4v) is 2.82. The number of piperidine rings is 1. The van der Waals surface area contributed by atoms with Gasteiger partial charge in [0, 0.05) is 23.8 Å². The molecule has 1 saturated heterocycles. The lowest BCUT2D eigenvalue weighted by Gasteiger charge is -2.31. The predicted molar refractivity (Wildman–Crippen MR) is 53.9 cm³/mol. The van der Waals surface area contributed by atoms with Gasteiger partial charge in [-0.05, 0) is 24.7 Å². The number of hydrogen-bond donors (Lipinski definition) is 0. The molecule has 0 bridgehead atoms. The zero-order chi connectivity index (χ0) is 10.1. The van der Waals surface area contributed by atoms with Crippen molar-refractivity contribution in [3.05, 3.63) is 0 Å². The summed E-state index contributed by atoms with van der Waals surface area (Å²) >= 11 is 0. The van der Waals surface area contributed by atoms with Gasteiger partial charge in [-0.3, -0.25) is 0 Å². The number of nitrogens with zero attached hydrogens (tertiary/aromatic N) is 1. The van der Waals surface area contributed by atoms with Crippen molar-refractivity contribution < 1.29 is 8.42 Å². The van der Waals surface area contributed by atoms with Gasteiger partial charge in [-0.2, -0.15) is 12.7 Å². The second-order valence-corrected chi connectivity index (χ2v) is 6.43. The van der Waals surface area contributed by atoms with Crippen LogP contribution in [0.3, 0.4) is 0 Å². The predicted octanol–water partition coefficient (Wildman–Crippen LogP) is 1.84. The summed E-state index contributed by atoms with van der Waals surface area (Å²) in [5, 5.41) is 0. The molecule has 0 aliphatic carbocycles. The fourth-order valence-electron chi connectivity index (χ4n) is 1.76. The first kappa shape index (κ1) is 11.3. The molecule has 0 N–H and O–H groups in total. The molecule has 0 saturated carbocycles. The van der Waals surface area contributed by atoms with Crippen molar-refractivity contribution in [2.24, 2.45) is 11.8 Å². The van der Waals surface area contributed by atoms with Crippen molar-refractivity contribution in [2.45, 2.75) is 26.7 Å². The van der Waals surface area contributed by atoms with Gasteiger partial charge in [0.15, 0.2) is 0 Å². The molecule has 0 spiro atoms. The molecule has 0 aromatic rings. The number of hydrogen-bond acceptors (Lipinski definition) is 2. The van der Waals surface area contributed by atoms with Gasteiger partial charge in [-0.1, -0.05) is 13.8 Å². The van der Waals surface area contributed by atoms with Crippen LogP contribution in [-0.2, 0) is 9.24 Å². The molecule has 0 aromatic carbocycles. The maximum Gasteiger partial charge on any atom is 0.299 e. The van der Waals surface area contributed by atoms with Crippen molar-refractivity contribution in [3.63, 3.8) is 0 Å². The molecule has 0 unspecified atom stereocenters. The van der Waals surface area contributed by atoms with Gasteiger partial charge in [0.2, 0.25) is 0 Å². The minimum absolute atomic E-state index is 0.578. The topological polar surface area (TPSA) is 37.4 Å². The zero-order valence-electron chi connectivity index (χ0n) is 8.03. The molecule has 5 heteroatoms. The Morgan fingerprint density at radius 1 is 1.31 bits per heavy atom. The van der Waals surface area contributed by atoms with Gasteiger partial charge in [0.25, 0.3) is 9.24 Å². The lowest BCUT2D eigenvalue weighted by atomic mass is 9.87. The first-order valence-electron chi connectivity index (χ1n) is 4.61. The molecule has 13 heavy (non-hydrogen) atoms. The number of halogens is 1. The van der Waals surface area contributed by atoms with E-state index in [1.807, 2.05) is 0 Å². The maximum absolute atomic E-state index is 11.0. The van der Waals surface area contributed by atoms with Crippen LogP contribution in [0.25, 0.3) is 0 Å². The van der Waals surface area contributed by atoms with E-state index >= 15 is 0 Å². The summed E-state index contributed by atoms with van der Waals surface area (Å²) in [6, 6.07) is 0. The first-order chi connectivity index (χ1) is 5.91. The highest BCUT2D eigenvalue weighted by atomic mass is 35.7. The summed E-state index contributed by atoms with van der Waals surface area (Å²) in [5.74, 6) is 1.29. The molecule has 0 amide bonds. The fraction of sp³-hybridized carbons (Fsp3) is 1.00. The van der Waals surface area contributed by atoms with Crippen LogP contribution in [0.4, 0.5) is 0 Å². The summed E-state index contributed by atoms with van der Waals surface area (Å²) < 4.78 is 23.3.